The molecule has 0 aliphatic heterocycles. The smallest absolute Gasteiger partial charge is 0.229 e. The summed E-state index contributed by atoms with van der Waals surface area (Å²) in [6.07, 6.45) is 0. The zero-order valence-electron chi connectivity index (χ0n) is 11.5. The summed E-state index contributed by atoms with van der Waals surface area (Å²) in [5.41, 5.74) is 1.55. The fourth-order valence-electron chi connectivity index (χ4n) is 1.71. The minimum absolute atomic E-state index is 0.298. The molecule has 0 unspecified atom stereocenters. The van der Waals surface area contributed by atoms with E-state index >= 15 is 0 Å². The van der Waals surface area contributed by atoms with Gasteiger partial charge >= 0.3 is 0 Å². The van der Waals surface area contributed by atoms with Crippen LogP contribution >= 0.6 is 23.2 Å². The van der Waals surface area contributed by atoms with Crippen LogP contribution in [-0.2, 0) is 0 Å². The first-order valence-corrected chi connectivity index (χ1v) is 7.04. The quantitative estimate of drug-likeness (QED) is 0.862. The van der Waals surface area contributed by atoms with E-state index in [1.165, 1.54) is 0 Å². The number of nitrogens with zero attached hydrogens (tertiary/aromatic N) is 2. The Morgan fingerprint density at radius 2 is 1.85 bits per heavy atom. The Morgan fingerprint density at radius 3 is 2.55 bits per heavy atom. The van der Waals surface area contributed by atoms with Crippen molar-refractivity contribution in [2.45, 2.75) is 26.8 Å². The van der Waals surface area contributed by atoms with Crippen LogP contribution in [0.3, 0.4) is 0 Å². The largest absolute Gasteiger partial charge is 0.368 e. The zero-order valence-corrected chi connectivity index (χ0v) is 13.0. The Bertz CT molecular complexity index is 614. The van der Waals surface area contributed by atoms with Gasteiger partial charge in [0, 0.05) is 22.8 Å². The van der Waals surface area contributed by atoms with Gasteiger partial charge in [0.1, 0.15) is 5.82 Å². The van der Waals surface area contributed by atoms with Crippen LogP contribution in [0.25, 0.3) is 0 Å². The van der Waals surface area contributed by atoms with Crippen molar-refractivity contribution in [3.63, 3.8) is 0 Å². The number of benzene rings is 1. The van der Waals surface area contributed by atoms with Crippen LogP contribution in [0, 0.1) is 6.92 Å². The Hall–Kier alpha value is -1.52. The number of aryl methyl sites for hydroxylation is 1. The predicted molar refractivity (Wildman–Crippen MR) is 85.3 cm³/mol. The molecule has 2 N–H and O–H groups in total. The molecule has 0 saturated carbocycles. The van der Waals surface area contributed by atoms with Gasteiger partial charge in [-0.15, -0.1) is 0 Å². The van der Waals surface area contributed by atoms with E-state index in [1.54, 1.807) is 18.2 Å². The monoisotopic (exact) mass is 310 g/mol. The Kier molecular flexibility index (Phi) is 4.68. The molecule has 0 atom stereocenters. The molecule has 4 nitrogen and oxygen atoms in total. The molecular weight excluding hydrogens is 295 g/mol. The highest BCUT2D eigenvalue weighted by atomic mass is 35.5. The van der Waals surface area contributed by atoms with E-state index in [0.29, 0.717) is 27.7 Å². The van der Waals surface area contributed by atoms with Gasteiger partial charge in [0.05, 0.1) is 10.7 Å². The van der Waals surface area contributed by atoms with Gasteiger partial charge in [-0.05, 0) is 39.0 Å². The zero-order chi connectivity index (χ0) is 14.7. The summed E-state index contributed by atoms with van der Waals surface area (Å²) in [5, 5.41) is 7.51. The van der Waals surface area contributed by atoms with Crippen molar-refractivity contribution in [3.8, 4) is 0 Å². The number of hydrogen-bond acceptors (Lipinski definition) is 4. The van der Waals surface area contributed by atoms with E-state index in [1.807, 2.05) is 13.0 Å². The normalized spacial score (nSPS) is 10.7. The van der Waals surface area contributed by atoms with E-state index in [0.717, 1.165) is 11.5 Å². The number of hydrogen-bond donors (Lipinski definition) is 2. The second kappa shape index (κ2) is 6.29. The summed E-state index contributed by atoms with van der Waals surface area (Å²) in [7, 11) is 0. The van der Waals surface area contributed by atoms with Gasteiger partial charge < -0.3 is 10.6 Å². The van der Waals surface area contributed by atoms with Gasteiger partial charge in [0.2, 0.25) is 5.95 Å². The van der Waals surface area contributed by atoms with Crippen molar-refractivity contribution >= 4 is 40.7 Å². The average molecular weight is 311 g/mol. The fraction of sp³-hybridized carbons (Fsp3) is 0.286. The highest BCUT2D eigenvalue weighted by Gasteiger charge is 2.07. The highest BCUT2D eigenvalue weighted by molar-refractivity contribution is 6.35. The maximum Gasteiger partial charge on any atom is 0.229 e. The molecule has 0 radical (unpaired) electrons. The second-order valence-corrected chi connectivity index (χ2v) is 5.61. The molecule has 1 aromatic carbocycles. The molecule has 1 heterocycles. The lowest BCUT2D eigenvalue weighted by Gasteiger charge is -2.12. The first kappa shape index (κ1) is 14.9. The van der Waals surface area contributed by atoms with E-state index in [4.69, 9.17) is 23.2 Å². The lowest BCUT2D eigenvalue weighted by Crippen LogP contribution is -2.12. The summed E-state index contributed by atoms with van der Waals surface area (Å²) in [6, 6.07) is 7.40. The molecule has 2 rings (SSSR count). The maximum atomic E-state index is 6.12. The molecule has 0 aliphatic rings. The van der Waals surface area contributed by atoms with Gasteiger partial charge in [-0.1, -0.05) is 23.2 Å². The molecule has 0 bridgehead atoms. The van der Waals surface area contributed by atoms with Crippen molar-refractivity contribution in [3.05, 3.63) is 40.0 Å². The van der Waals surface area contributed by atoms with Crippen molar-refractivity contribution in [2.75, 3.05) is 10.6 Å². The van der Waals surface area contributed by atoms with Gasteiger partial charge in [0.15, 0.2) is 0 Å². The topological polar surface area (TPSA) is 49.8 Å². The predicted octanol–water partition coefficient (Wildman–Crippen LogP) is 4.66. The second-order valence-electron chi connectivity index (χ2n) is 4.77. The van der Waals surface area contributed by atoms with Crippen molar-refractivity contribution in [2.24, 2.45) is 0 Å². The van der Waals surface area contributed by atoms with Crippen molar-refractivity contribution < 1.29 is 0 Å². The number of nitrogens with one attached hydrogen (secondary N) is 2. The molecule has 6 heteroatoms. The van der Waals surface area contributed by atoms with Crippen LogP contribution in [0.5, 0.6) is 0 Å². The molecule has 0 saturated heterocycles. The lowest BCUT2D eigenvalue weighted by atomic mass is 10.3. The number of anilines is 3. The summed E-state index contributed by atoms with van der Waals surface area (Å²) < 4.78 is 0. The molecular formula is C14H16Cl2N4. The summed E-state index contributed by atoms with van der Waals surface area (Å²) in [6.45, 7) is 6.02. The summed E-state index contributed by atoms with van der Waals surface area (Å²) >= 11 is 12.1. The lowest BCUT2D eigenvalue weighted by molar-refractivity contribution is 0.885. The minimum Gasteiger partial charge on any atom is -0.368 e. The van der Waals surface area contributed by atoms with Crippen LogP contribution in [-0.4, -0.2) is 16.0 Å². The van der Waals surface area contributed by atoms with Crippen LogP contribution in [0.15, 0.2) is 24.3 Å². The Balaban J connectivity index is 2.28. The van der Waals surface area contributed by atoms with E-state index in [9.17, 15) is 0 Å². The molecule has 0 aliphatic carbocycles. The van der Waals surface area contributed by atoms with Gasteiger partial charge in [-0.25, -0.2) is 4.98 Å². The van der Waals surface area contributed by atoms with Gasteiger partial charge in [0.25, 0.3) is 0 Å². The molecule has 1 aromatic heterocycles. The molecule has 0 spiro atoms. The van der Waals surface area contributed by atoms with E-state index < -0.39 is 0 Å². The first-order chi connectivity index (χ1) is 9.44. The summed E-state index contributed by atoms with van der Waals surface area (Å²) in [4.78, 5) is 8.75. The maximum absolute atomic E-state index is 6.12. The van der Waals surface area contributed by atoms with Crippen LogP contribution < -0.4 is 10.6 Å². The molecule has 0 amide bonds. The molecule has 0 fully saturated rings. The van der Waals surface area contributed by atoms with Gasteiger partial charge in [-0.3, -0.25) is 0 Å². The van der Waals surface area contributed by atoms with Crippen LogP contribution in [0.2, 0.25) is 10.0 Å². The van der Waals surface area contributed by atoms with Crippen LogP contribution in [0.1, 0.15) is 19.5 Å². The number of aromatic nitrogens is 2. The molecule has 106 valence electrons. The van der Waals surface area contributed by atoms with Crippen molar-refractivity contribution in [1.29, 1.82) is 0 Å². The molecule has 2 aromatic rings. The molecule has 20 heavy (non-hydrogen) atoms. The first-order valence-electron chi connectivity index (χ1n) is 6.28. The third-order valence-corrected chi connectivity index (χ3v) is 3.03. The minimum atomic E-state index is 0.298. The summed E-state index contributed by atoms with van der Waals surface area (Å²) in [5.74, 6) is 1.26. The number of rotatable bonds is 4. The van der Waals surface area contributed by atoms with E-state index in [2.05, 4.69) is 34.4 Å². The van der Waals surface area contributed by atoms with Crippen LogP contribution in [0.4, 0.5) is 17.5 Å². The third kappa shape index (κ3) is 3.99. The fourth-order valence-corrected chi connectivity index (χ4v) is 2.04. The van der Waals surface area contributed by atoms with E-state index in [-0.39, 0.29) is 0 Å². The van der Waals surface area contributed by atoms with Crippen molar-refractivity contribution in [1.82, 2.24) is 9.97 Å². The standard InChI is InChI=1S/C14H16Cl2N4/c1-8(2)17-13-6-9(3)18-14(20-13)19-12-7-10(15)4-5-11(12)16/h4-8H,1-3H3,(H2,17,18,19,20). The average Bonchev–Trinajstić information content (AvgIpc) is 2.32. The van der Waals surface area contributed by atoms with Gasteiger partial charge in [-0.2, -0.15) is 4.98 Å². The Labute approximate surface area is 128 Å². The SMILES string of the molecule is Cc1cc(NC(C)C)nc(Nc2cc(Cl)ccc2Cl)n1. The highest BCUT2D eigenvalue weighted by Crippen LogP contribution is 2.27. The Morgan fingerprint density at radius 1 is 1.10 bits per heavy atom. The number of halogens is 2. The third-order valence-electron chi connectivity index (χ3n) is 2.47.